The quantitative estimate of drug-likeness (QED) is 0.254. The number of ether oxygens (including phenoxy) is 5. The molecule has 26 heavy (non-hydrogen) atoms. The number of carboxylic acid groups (broad SMARTS) is 1. The highest BCUT2D eigenvalue weighted by Gasteiger charge is 2.04. The largest absolute Gasteiger partial charge is 0.481 e. The van der Waals surface area contributed by atoms with Gasteiger partial charge in [0.2, 0.25) is 0 Å². The Bertz CT molecular complexity index is 335. The molecule has 8 nitrogen and oxygen atoms in total. The second-order valence-electron chi connectivity index (χ2n) is 5.62. The Labute approximate surface area is 156 Å². The first kappa shape index (κ1) is 24.8. The highest BCUT2D eigenvalue weighted by atomic mass is 16.6. The van der Waals surface area contributed by atoms with Gasteiger partial charge >= 0.3 is 11.9 Å². The van der Waals surface area contributed by atoms with E-state index in [4.69, 9.17) is 28.8 Å². The van der Waals surface area contributed by atoms with Gasteiger partial charge in [-0.2, -0.15) is 0 Å². The zero-order chi connectivity index (χ0) is 19.3. The SMILES string of the molecule is CCCCOCCOCCOCCOCCOC(=O)CCCCC(=O)O. The summed E-state index contributed by atoms with van der Waals surface area (Å²) >= 11 is 0. The Morgan fingerprint density at radius 1 is 0.654 bits per heavy atom. The van der Waals surface area contributed by atoms with E-state index in [1.165, 1.54) is 0 Å². The molecule has 0 bridgehead atoms. The van der Waals surface area contributed by atoms with E-state index in [2.05, 4.69) is 6.92 Å². The van der Waals surface area contributed by atoms with Crippen LogP contribution in [0.2, 0.25) is 0 Å². The minimum atomic E-state index is -0.850. The first-order valence-electron chi connectivity index (χ1n) is 9.35. The van der Waals surface area contributed by atoms with Crippen LogP contribution in [0.1, 0.15) is 45.4 Å². The smallest absolute Gasteiger partial charge is 0.305 e. The van der Waals surface area contributed by atoms with Gasteiger partial charge < -0.3 is 28.8 Å². The van der Waals surface area contributed by atoms with E-state index in [-0.39, 0.29) is 25.4 Å². The monoisotopic (exact) mass is 378 g/mol. The van der Waals surface area contributed by atoms with Crippen molar-refractivity contribution < 1.29 is 38.4 Å². The van der Waals surface area contributed by atoms with Crippen molar-refractivity contribution in [1.29, 1.82) is 0 Å². The highest BCUT2D eigenvalue weighted by Crippen LogP contribution is 2.01. The molecule has 0 spiro atoms. The van der Waals surface area contributed by atoms with E-state index < -0.39 is 5.97 Å². The van der Waals surface area contributed by atoms with Crippen LogP contribution in [0.3, 0.4) is 0 Å². The molecule has 0 heterocycles. The zero-order valence-corrected chi connectivity index (χ0v) is 15.9. The van der Waals surface area contributed by atoms with E-state index in [0.29, 0.717) is 59.1 Å². The third-order valence-corrected chi connectivity index (χ3v) is 3.27. The molecule has 1 N–H and O–H groups in total. The van der Waals surface area contributed by atoms with Crippen molar-refractivity contribution >= 4 is 11.9 Å². The summed E-state index contributed by atoms with van der Waals surface area (Å²) in [7, 11) is 0. The molecule has 0 rings (SSSR count). The van der Waals surface area contributed by atoms with Crippen molar-refractivity contribution in [1.82, 2.24) is 0 Å². The number of aliphatic carboxylic acids is 1. The summed E-state index contributed by atoms with van der Waals surface area (Å²) in [5, 5.41) is 8.48. The Morgan fingerprint density at radius 2 is 1.12 bits per heavy atom. The predicted octanol–water partition coefficient (Wildman–Crippen LogP) is 2.04. The number of hydrogen-bond acceptors (Lipinski definition) is 7. The van der Waals surface area contributed by atoms with Crippen LogP contribution in [0.5, 0.6) is 0 Å². The van der Waals surface area contributed by atoms with Gasteiger partial charge in [0, 0.05) is 19.4 Å². The number of unbranched alkanes of at least 4 members (excludes halogenated alkanes) is 2. The van der Waals surface area contributed by atoms with Crippen LogP contribution in [-0.2, 0) is 33.3 Å². The summed E-state index contributed by atoms with van der Waals surface area (Å²) in [6, 6.07) is 0. The molecule has 0 aromatic heterocycles. The Balaban J connectivity index is 3.12. The van der Waals surface area contributed by atoms with E-state index in [0.717, 1.165) is 19.4 Å². The molecular weight excluding hydrogens is 344 g/mol. The fraction of sp³-hybridized carbons (Fsp3) is 0.889. The maximum absolute atomic E-state index is 11.3. The normalized spacial score (nSPS) is 10.8. The number of carboxylic acids is 1. The van der Waals surface area contributed by atoms with Gasteiger partial charge in [-0.3, -0.25) is 9.59 Å². The lowest BCUT2D eigenvalue weighted by Gasteiger charge is -2.08. The van der Waals surface area contributed by atoms with Crippen LogP contribution in [0.25, 0.3) is 0 Å². The summed E-state index contributed by atoms with van der Waals surface area (Å²) in [5.74, 6) is -1.18. The second-order valence-corrected chi connectivity index (χ2v) is 5.62. The van der Waals surface area contributed by atoms with E-state index in [9.17, 15) is 9.59 Å². The van der Waals surface area contributed by atoms with Gasteiger partial charge in [0.05, 0.1) is 46.2 Å². The molecule has 0 aliphatic carbocycles. The Hall–Kier alpha value is -1.22. The summed E-state index contributed by atoms with van der Waals surface area (Å²) in [6.07, 6.45) is 3.53. The lowest BCUT2D eigenvalue weighted by atomic mass is 10.2. The van der Waals surface area contributed by atoms with Crippen LogP contribution in [0.4, 0.5) is 0 Å². The molecular formula is C18H34O8. The molecule has 154 valence electrons. The molecule has 0 saturated carbocycles. The van der Waals surface area contributed by atoms with E-state index in [1.807, 2.05) is 0 Å². The molecule has 0 atom stereocenters. The highest BCUT2D eigenvalue weighted by molar-refractivity contribution is 5.69. The first-order chi connectivity index (χ1) is 12.7. The van der Waals surface area contributed by atoms with Gasteiger partial charge in [0.1, 0.15) is 6.61 Å². The maximum atomic E-state index is 11.3. The lowest BCUT2D eigenvalue weighted by molar-refractivity contribution is -0.146. The fourth-order valence-electron chi connectivity index (χ4n) is 1.84. The molecule has 8 heteroatoms. The number of rotatable bonds is 20. The van der Waals surface area contributed by atoms with Crippen molar-refractivity contribution in [3.05, 3.63) is 0 Å². The van der Waals surface area contributed by atoms with Gasteiger partial charge in [-0.1, -0.05) is 13.3 Å². The summed E-state index contributed by atoms with van der Waals surface area (Å²) < 4.78 is 26.3. The second kappa shape index (κ2) is 20.1. The average Bonchev–Trinajstić information content (AvgIpc) is 2.62. The fourth-order valence-corrected chi connectivity index (χ4v) is 1.84. The molecule has 0 aliphatic rings. The van der Waals surface area contributed by atoms with Crippen molar-refractivity contribution in [3.63, 3.8) is 0 Å². The van der Waals surface area contributed by atoms with Crippen molar-refractivity contribution in [2.45, 2.75) is 45.4 Å². The molecule has 0 aromatic carbocycles. The minimum absolute atomic E-state index is 0.0775. The average molecular weight is 378 g/mol. The van der Waals surface area contributed by atoms with Crippen LogP contribution in [0.15, 0.2) is 0 Å². The molecule has 0 aromatic rings. The van der Waals surface area contributed by atoms with Crippen LogP contribution < -0.4 is 0 Å². The van der Waals surface area contributed by atoms with E-state index >= 15 is 0 Å². The molecule has 0 radical (unpaired) electrons. The Kier molecular flexibility index (Phi) is 19.2. The standard InChI is InChI=1S/C18H34O8/c1-2-3-8-22-9-10-23-11-12-24-13-14-25-15-16-26-18(21)7-5-4-6-17(19)20/h2-16H2,1H3,(H,19,20). The topological polar surface area (TPSA) is 101 Å². The number of esters is 1. The van der Waals surface area contributed by atoms with Crippen LogP contribution in [-0.4, -0.2) is 76.5 Å². The minimum Gasteiger partial charge on any atom is -0.481 e. The van der Waals surface area contributed by atoms with Gasteiger partial charge in [0.15, 0.2) is 0 Å². The molecule has 0 aliphatic heterocycles. The molecule has 0 unspecified atom stereocenters. The lowest BCUT2D eigenvalue weighted by Crippen LogP contribution is -2.14. The van der Waals surface area contributed by atoms with Gasteiger partial charge in [0.25, 0.3) is 0 Å². The molecule has 0 saturated heterocycles. The predicted molar refractivity (Wildman–Crippen MR) is 95.2 cm³/mol. The third kappa shape index (κ3) is 20.8. The summed E-state index contributed by atoms with van der Waals surface area (Å²) in [5.41, 5.74) is 0. The van der Waals surface area contributed by atoms with Gasteiger partial charge in [-0.25, -0.2) is 0 Å². The van der Waals surface area contributed by atoms with Crippen molar-refractivity contribution in [2.24, 2.45) is 0 Å². The molecule has 0 fully saturated rings. The zero-order valence-electron chi connectivity index (χ0n) is 15.9. The third-order valence-electron chi connectivity index (χ3n) is 3.27. The first-order valence-corrected chi connectivity index (χ1v) is 9.35. The van der Waals surface area contributed by atoms with Crippen molar-refractivity contribution in [3.8, 4) is 0 Å². The number of hydrogen-bond donors (Lipinski definition) is 1. The summed E-state index contributed by atoms with van der Waals surface area (Å²) in [4.78, 5) is 21.7. The van der Waals surface area contributed by atoms with Crippen molar-refractivity contribution in [2.75, 3.05) is 59.5 Å². The van der Waals surface area contributed by atoms with Gasteiger partial charge in [-0.15, -0.1) is 0 Å². The summed E-state index contributed by atoms with van der Waals surface area (Å²) in [6.45, 7) is 6.52. The van der Waals surface area contributed by atoms with Crippen LogP contribution >= 0.6 is 0 Å². The van der Waals surface area contributed by atoms with E-state index in [1.54, 1.807) is 0 Å². The van der Waals surface area contributed by atoms with Gasteiger partial charge in [-0.05, 0) is 19.3 Å². The molecule has 0 amide bonds. The maximum Gasteiger partial charge on any atom is 0.305 e. The number of carbonyl (C=O) groups excluding carboxylic acids is 1. The number of carbonyl (C=O) groups is 2. The van der Waals surface area contributed by atoms with Crippen LogP contribution in [0, 0.1) is 0 Å². The Morgan fingerprint density at radius 3 is 1.62 bits per heavy atom.